The van der Waals surface area contributed by atoms with Gasteiger partial charge in [0.2, 0.25) is 0 Å². The number of benzene rings is 2. The smallest absolute Gasteiger partial charge is 0.257 e. The number of carbonyl (C=O) groups excluding carboxylic acids is 1. The van der Waals surface area contributed by atoms with E-state index < -0.39 is 0 Å². The summed E-state index contributed by atoms with van der Waals surface area (Å²) in [5.41, 5.74) is 2.37. The van der Waals surface area contributed by atoms with Crippen molar-refractivity contribution >= 4 is 11.6 Å². The zero-order valence-corrected chi connectivity index (χ0v) is 16.3. The minimum Gasteiger partial charge on any atom is -0.492 e. The number of carbonyl (C=O) groups is 1. The molecule has 2 unspecified atom stereocenters. The van der Waals surface area contributed by atoms with E-state index >= 15 is 0 Å². The van der Waals surface area contributed by atoms with Crippen LogP contribution in [-0.2, 0) is 4.74 Å². The molecule has 4 rings (SSSR count). The summed E-state index contributed by atoms with van der Waals surface area (Å²) in [5, 5.41) is 3.53. The molecular formula is C22H26N2O4. The van der Waals surface area contributed by atoms with Gasteiger partial charge in [0.1, 0.15) is 6.17 Å². The highest BCUT2D eigenvalue weighted by molar-refractivity contribution is 6.01. The van der Waals surface area contributed by atoms with Crippen LogP contribution in [0.1, 0.15) is 41.9 Å². The third-order valence-electron chi connectivity index (χ3n) is 5.25. The molecule has 2 heterocycles. The Morgan fingerprint density at radius 2 is 2.07 bits per heavy atom. The first-order valence-corrected chi connectivity index (χ1v) is 9.80. The van der Waals surface area contributed by atoms with Crippen molar-refractivity contribution in [2.24, 2.45) is 0 Å². The van der Waals surface area contributed by atoms with Crippen molar-refractivity contribution in [3.05, 3.63) is 53.6 Å². The molecule has 2 aromatic carbocycles. The fourth-order valence-electron chi connectivity index (χ4n) is 3.97. The lowest BCUT2D eigenvalue weighted by molar-refractivity contribution is 0.0424. The van der Waals surface area contributed by atoms with Crippen LogP contribution >= 0.6 is 0 Å². The molecule has 1 amide bonds. The maximum atomic E-state index is 13.4. The van der Waals surface area contributed by atoms with Crippen molar-refractivity contribution in [2.45, 2.75) is 32.0 Å². The third-order valence-corrected chi connectivity index (χ3v) is 5.25. The fourth-order valence-corrected chi connectivity index (χ4v) is 3.97. The first-order chi connectivity index (χ1) is 13.7. The van der Waals surface area contributed by atoms with Crippen molar-refractivity contribution in [1.29, 1.82) is 0 Å². The normalized spacial score (nSPS) is 21.2. The Morgan fingerprint density at radius 1 is 1.21 bits per heavy atom. The summed E-state index contributed by atoms with van der Waals surface area (Å²) in [6.07, 6.45) is 1.69. The summed E-state index contributed by atoms with van der Waals surface area (Å²) in [4.78, 5) is 15.2. The van der Waals surface area contributed by atoms with Gasteiger partial charge in [-0.1, -0.05) is 24.3 Å². The number of nitrogens with one attached hydrogen (secondary N) is 1. The van der Waals surface area contributed by atoms with Crippen molar-refractivity contribution in [3.63, 3.8) is 0 Å². The lowest BCUT2D eigenvalue weighted by Crippen LogP contribution is -2.46. The van der Waals surface area contributed by atoms with Crippen LogP contribution in [0.5, 0.6) is 11.5 Å². The molecule has 6 nitrogen and oxygen atoms in total. The maximum Gasteiger partial charge on any atom is 0.257 e. The largest absolute Gasteiger partial charge is 0.492 e. The second-order valence-corrected chi connectivity index (χ2v) is 7.00. The molecule has 0 saturated carbocycles. The van der Waals surface area contributed by atoms with Gasteiger partial charge in [0.15, 0.2) is 11.5 Å². The zero-order valence-electron chi connectivity index (χ0n) is 16.3. The number of hydrogen-bond acceptors (Lipinski definition) is 5. The van der Waals surface area contributed by atoms with Crippen LogP contribution in [0.3, 0.4) is 0 Å². The van der Waals surface area contributed by atoms with Gasteiger partial charge in [-0.3, -0.25) is 4.79 Å². The summed E-state index contributed by atoms with van der Waals surface area (Å²) in [5.74, 6) is 1.32. The molecule has 1 saturated heterocycles. The number of nitrogens with zero attached hydrogens (tertiary/aromatic N) is 1. The molecule has 0 aliphatic carbocycles. The molecule has 6 heteroatoms. The minimum absolute atomic E-state index is 0.00119. The molecule has 0 aromatic heterocycles. The van der Waals surface area contributed by atoms with Gasteiger partial charge in [-0.15, -0.1) is 0 Å². The van der Waals surface area contributed by atoms with Crippen LogP contribution in [-0.4, -0.2) is 43.8 Å². The second-order valence-electron chi connectivity index (χ2n) is 7.00. The highest BCUT2D eigenvalue weighted by Gasteiger charge is 2.37. The molecule has 2 atom stereocenters. The monoisotopic (exact) mass is 382 g/mol. The predicted molar refractivity (Wildman–Crippen MR) is 107 cm³/mol. The number of rotatable bonds is 6. The average Bonchev–Trinajstić information content (AvgIpc) is 3.23. The molecule has 2 aliphatic heterocycles. The van der Waals surface area contributed by atoms with Gasteiger partial charge >= 0.3 is 0 Å². The van der Waals surface area contributed by atoms with Gasteiger partial charge in [-0.05, 0) is 38.0 Å². The summed E-state index contributed by atoms with van der Waals surface area (Å²) >= 11 is 0. The highest BCUT2D eigenvalue weighted by atomic mass is 16.5. The molecule has 0 spiro atoms. The first kappa shape index (κ1) is 18.6. The number of methoxy groups -OCH3 is 1. The van der Waals surface area contributed by atoms with Crippen LogP contribution in [0.2, 0.25) is 0 Å². The number of anilines is 1. The van der Waals surface area contributed by atoms with E-state index in [2.05, 4.69) is 5.32 Å². The van der Waals surface area contributed by atoms with Crippen molar-refractivity contribution in [3.8, 4) is 11.5 Å². The number of ether oxygens (including phenoxy) is 3. The second kappa shape index (κ2) is 8.10. The van der Waals surface area contributed by atoms with Crippen LogP contribution in [0.4, 0.5) is 5.69 Å². The van der Waals surface area contributed by atoms with E-state index in [-0.39, 0.29) is 18.2 Å². The van der Waals surface area contributed by atoms with Gasteiger partial charge in [-0.2, -0.15) is 0 Å². The third kappa shape index (κ3) is 3.40. The van der Waals surface area contributed by atoms with Crippen molar-refractivity contribution in [1.82, 2.24) is 4.90 Å². The highest BCUT2D eigenvalue weighted by Crippen LogP contribution is 2.41. The van der Waals surface area contributed by atoms with Crippen molar-refractivity contribution in [2.75, 3.05) is 32.2 Å². The van der Waals surface area contributed by atoms with Crippen LogP contribution in [0.25, 0.3) is 0 Å². The van der Waals surface area contributed by atoms with E-state index in [0.717, 1.165) is 30.7 Å². The molecule has 28 heavy (non-hydrogen) atoms. The minimum atomic E-state index is -0.359. The Labute approximate surface area is 165 Å². The summed E-state index contributed by atoms with van der Waals surface area (Å²) in [6, 6.07) is 13.4. The Kier molecular flexibility index (Phi) is 5.39. The Balaban J connectivity index is 1.76. The van der Waals surface area contributed by atoms with Gasteiger partial charge in [0.25, 0.3) is 5.91 Å². The van der Waals surface area contributed by atoms with E-state index in [1.165, 1.54) is 0 Å². The number of para-hydroxylation sites is 2. The van der Waals surface area contributed by atoms with E-state index in [4.69, 9.17) is 14.2 Å². The van der Waals surface area contributed by atoms with E-state index in [1.54, 1.807) is 7.11 Å². The SMILES string of the molecule is CCOc1cccc(C2Nc3ccccc3C(=O)N2CC2CCCO2)c1OC. The molecule has 0 bridgehead atoms. The molecule has 148 valence electrons. The lowest BCUT2D eigenvalue weighted by Gasteiger charge is -2.39. The summed E-state index contributed by atoms with van der Waals surface area (Å²) in [6.45, 7) is 3.77. The Bertz CT molecular complexity index is 848. The quantitative estimate of drug-likeness (QED) is 0.823. The fraction of sp³-hybridized carbons (Fsp3) is 0.409. The average molecular weight is 382 g/mol. The maximum absolute atomic E-state index is 13.4. The van der Waals surface area contributed by atoms with Crippen LogP contribution in [0, 0.1) is 0 Å². The van der Waals surface area contributed by atoms with E-state index in [0.29, 0.717) is 30.2 Å². The predicted octanol–water partition coefficient (Wildman–Crippen LogP) is 3.84. The number of hydrogen-bond donors (Lipinski definition) is 1. The summed E-state index contributed by atoms with van der Waals surface area (Å²) < 4.78 is 17.3. The molecule has 2 aliphatic rings. The molecule has 1 N–H and O–H groups in total. The Morgan fingerprint density at radius 3 is 2.82 bits per heavy atom. The molecule has 0 radical (unpaired) electrons. The van der Waals surface area contributed by atoms with Gasteiger partial charge < -0.3 is 24.4 Å². The van der Waals surface area contributed by atoms with Crippen LogP contribution < -0.4 is 14.8 Å². The standard InChI is InChI=1S/C22H26N2O4/c1-3-27-19-12-6-10-17(20(19)26-2)21-23-18-11-5-4-9-16(18)22(25)24(21)14-15-8-7-13-28-15/h4-6,9-12,15,21,23H,3,7-8,13-14H2,1-2H3. The number of fused-ring (bicyclic) bond motifs is 1. The zero-order chi connectivity index (χ0) is 19.5. The van der Waals surface area contributed by atoms with E-state index in [9.17, 15) is 4.79 Å². The first-order valence-electron chi connectivity index (χ1n) is 9.80. The lowest BCUT2D eigenvalue weighted by atomic mass is 10.0. The van der Waals surface area contributed by atoms with Crippen LogP contribution in [0.15, 0.2) is 42.5 Å². The van der Waals surface area contributed by atoms with Gasteiger partial charge in [0, 0.05) is 24.4 Å². The van der Waals surface area contributed by atoms with Gasteiger partial charge in [-0.25, -0.2) is 0 Å². The van der Waals surface area contributed by atoms with Gasteiger partial charge in [0.05, 0.1) is 25.4 Å². The van der Waals surface area contributed by atoms with E-state index in [1.807, 2.05) is 54.3 Å². The molecule has 2 aromatic rings. The molecule has 1 fully saturated rings. The summed E-state index contributed by atoms with van der Waals surface area (Å²) in [7, 11) is 1.63. The molecular weight excluding hydrogens is 356 g/mol. The van der Waals surface area contributed by atoms with Crippen molar-refractivity contribution < 1.29 is 19.0 Å². The topological polar surface area (TPSA) is 60.0 Å². The number of amides is 1. The Hall–Kier alpha value is -2.73.